The van der Waals surface area contributed by atoms with Crippen LogP contribution in [0.15, 0.2) is 24.3 Å². The van der Waals surface area contributed by atoms with Crippen LogP contribution >= 0.6 is 11.6 Å². The van der Waals surface area contributed by atoms with Crippen molar-refractivity contribution >= 4 is 29.1 Å². The van der Waals surface area contributed by atoms with E-state index in [0.717, 1.165) is 0 Å². The molecule has 2 N–H and O–H groups in total. The first kappa shape index (κ1) is 15.3. The molecule has 2 heterocycles. The van der Waals surface area contributed by atoms with E-state index >= 15 is 0 Å². The minimum Gasteiger partial charge on any atom is -0.378 e. The Morgan fingerprint density at radius 1 is 1.41 bits per heavy atom. The molecule has 3 rings (SSSR count). The number of nitrogens with zero attached hydrogens (tertiary/aromatic N) is 1. The van der Waals surface area contributed by atoms with Gasteiger partial charge in [0.2, 0.25) is 11.8 Å². The van der Waals surface area contributed by atoms with Crippen LogP contribution in [0, 0.1) is 0 Å². The van der Waals surface area contributed by atoms with Gasteiger partial charge in [0.05, 0.1) is 23.9 Å². The van der Waals surface area contributed by atoms with Crippen molar-refractivity contribution < 1.29 is 14.3 Å². The molecule has 0 unspecified atom stereocenters. The summed E-state index contributed by atoms with van der Waals surface area (Å²) < 4.78 is 5.26. The lowest BCUT2D eigenvalue weighted by molar-refractivity contribution is -0.129. The summed E-state index contributed by atoms with van der Waals surface area (Å²) in [5, 5.41) is 6.41. The van der Waals surface area contributed by atoms with E-state index in [2.05, 4.69) is 10.6 Å². The molecule has 1 aromatic rings. The molecule has 2 atom stereocenters. The molecule has 2 aliphatic heterocycles. The van der Waals surface area contributed by atoms with Crippen LogP contribution in [-0.4, -0.2) is 50.2 Å². The van der Waals surface area contributed by atoms with Crippen molar-refractivity contribution in [1.29, 1.82) is 0 Å². The molecule has 6 nitrogen and oxygen atoms in total. The van der Waals surface area contributed by atoms with Crippen LogP contribution in [0.3, 0.4) is 0 Å². The van der Waals surface area contributed by atoms with Gasteiger partial charge in [-0.05, 0) is 18.6 Å². The predicted molar refractivity (Wildman–Crippen MR) is 83.0 cm³/mol. The summed E-state index contributed by atoms with van der Waals surface area (Å²) in [7, 11) is 0. The molecule has 2 fully saturated rings. The van der Waals surface area contributed by atoms with Crippen LogP contribution in [0.5, 0.6) is 0 Å². The third-order valence-corrected chi connectivity index (χ3v) is 4.22. The lowest BCUT2D eigenvalue weighted by Crippen LogP contribution is -2.54. The largest absolute Gasteiger partial charge is 0.378 e. The number of amides is 2. The number of ether oxygens (including phenoxy) is 1. The van der Waals surface area contributed by atoms with Crippen molar-refractivity contribution in [3.05, 3.63) is 29.3 Å². The summed E-state index contributed by atoms with van der Waals surface area (Å²) in [5.74, 6) is -0.322. The minimum atomic E-state index is -0.507. The third kappa shape index (κ3) is 3.09. The fraction of sp³-hybridized carbons (Fsp3) is 0.467. The number of morpholine rings is 1. The van der Waals surface area contributed by atoms with E-state index in [-0.39, 0.29) is 11.8 Å². The molecule has 0 bridgehead atoms. The number of nitrogens with one attached hydrogen (secondary N) is 2. The molecule has 7 heteroatoms. The van der Waals surface area contributed by atoms with E-state index in [1.165, 1.54) is 0 Å². The lowest BCUT2D eigenvalue weighted by atomic mass is 10.2. The molecule has 2 saturated heterocycles. The first-order valence-electron chi connectivity index (χ1n) is 7.34. The predicted octanol–water partition coefficient (Wildman–Crippen LogP) is 0.550. The van der Waals surface area contributed by atoms with Crippen molar-refractivity contribution in [2.24, 2.45) is 0 Å². The van der Waals surface area contributed by atoms with Gasteiger partial charge in [-0.25, -0.2) is 0 Å². The molecule has 0 aromatic heterocycles. The van der Waals surface area contributed by atoms with Gasteiger partial charge in [0, 0.05) is 13.1 Å². The highest BCUT2D eigenvalue weighted by Crippen LogP contribution is 2.28. The summed E-state index contributed by atoms with van der Waals surface area (Å²) in [6, 6.07) is 6.31. The van der Waals surface area contributed by atoms with Crippen molar-refractivity contribution in [2.45, 2.75) is 18.5 Å². The molecule has 2 amide bonds. The highest BCUT2D eigenvalue weighted by molar-refractivity contribution is 6.34. The van der Waals surface area contributed by atoms with Gasteiger partial charge in [-0.2, -0.15) is 0 Å². The molecular formula is C15H18ClN3O3. The zero-order valence-electron chi connectivity index (χ0n) is 12.0. The Morgan fingerprint density at radius 2 is 2.23 bits per heavy atom. The maximum absolute atomic E-state index is 12.5. The number of hydrogen-bond donors (Lipinski definition) is 2. The smallest absolute Gasteiger partial charge is 0.249 e. The summed E-state index contributed by atoms with van der Waals surface area (Å²) >= 11 is 6.14. The van der Waals surface area contributed by atoms with E-state index in [9.17, 15) is 9.59 Å². The maximum atomic E-state index is 12.5. The lowest BCUT2D eigenvalue weighted by Gasteiger charge is -2.24. The average molecular weight is 324 g/mol. The molecule has 1 aromatic carbocycles. The zero-order chi connectivity index (χ0) is 15.5. The summed E-state index contributed by atoms with van der Waals surface area (Å²) in [6.45, 7) is 2.12. The van der Waals surface area contributed by atoms with Gasteiger partial charge in [0.25, 0.3) is 0 Å². The first-order chi connectivity index (χ1) is 10.7. The van der Waals surface area contributed by atoms with Gasteiger partial charge in [-0.3, -0.25) is 9.59 Å². The highest BCUT2D eigenvalue weighted by Gasteiger charge is 2.35. The number of rotatable bonds is 3. The Bertz CT molecular complexity index is 575. The number of carbonyl (C=O) groups is 2. The normalized spacial score (nSPS) is 25.3. The Balaban J connectivity index is 1.64. The standard InChI is InChI=1S/C15H18ClN3O3/c16-10-3-1-2-4-13(10)19-7-5-11(15(19)21)18-14(20)12-9-22-8-6-17-12/h1-4,11-12,17H,5-9H2,(H,18,20)/t11-,12-/m0/s1. The molecule has 2 aliphatic rings. The maximum Gasteiger partial charge on any atom is 0.249 e. The highest BCUT2D eigenvalue weighted by atomic mass is 35.5. The number of carbonyl (C=O) groups excluding carboxylic acids is 2. The number of halogens is 1. The van der Waals surface area contributed by atoms with Crippen LogP contribution in [-0.2, 0) is 14.3 Å². The van der Waals surface area contributed by atoms with Crippen molar-refractivity contribution in [3.63, 3.8) is 0 Å². The van der Waals surface area contributed by atoms with Gasteiger partial charge < -0.3 is 20.3 Å². The van der Waals surface area contributed by atoms with E-state index < -0.39 is 12.1 Å². The zero-order valence-corrected chi connectivity index (χ0v) is 12.8. The van der Waals surface area contributed by atoms with Gasteiger partial charge in [0.1, 0.15) is 12.1 Å². The number of para-hydroxylation sites is 1. The molecule has 0 spiro atoms. The Hall–Kier alpha value is -1.63. The number of benzene rings is 1. The fourth-order valence-electron chi connectivity index (χ4n) is 2.73. The monoisotopic (exact) mass is 323 g/mol. The van der Waals surface area contributed by atoms with Gasteiger partial charge >= 0.3 is 0 Å². The second-order valence-corrected chi connectivity index (χ2v) is 5.78. The van der Waals surface area contributed by atoms with Crippen LogP contribution in [0.4, 0.5) is 5.69 Å². The van der Waals surface area contributed by atoms with E-state index in [0.29, 0.717) is 43.4 Å². The molecule has 0 radical (unpaired) electrons. The quantitative estimate of drug-likeness (QED) is 0.852. The van der Waals surface area contributed by atoms with Crippen molar-refractivity contribution in [2.75, 3.05) is 31.2 Å². The van der Waals surface area contributed by atoms with Crippen LogP contribution < -0.4 is 15.5 Å². The second-order valence-electron chi connectivity index (χ2n) is 5.37. The molecule has 0 saturated carbocycles. The van der Waals surface area contributed by atoms with Crippen LogP contribution in [0.1, 0.15) is 6.42 Å². The van der Waals surface area contributed by atoms with Crippen LogP contribution in [0.2, 0.25) is 5.02 Å². The van der Waals surface area contributed by atoms with E-state index in [4.69, 9.17) is 16.3 Å². The number of anilines is 1. The van der Waals surface area contributed by atoms with E-state index in [1.54, 1.807) is 17.0 Å². The summed E-state index contributed by atoms with van der Waals surface area (Å²) in [4.78, 5) is 26.3. The van der Waals surface area contributed by atoms with Gasteiger partial charge in [-0.1, -0.05) is 23.7 Å². The summed E-state index contributed by atoms with van der Waals surface area (Å²) in [6.07, 6.45) is 0.573. The minimum absolute atomic E-state index is 0.127. The topological polar surface area (TPSA) is 70.7 Å². The fourth-order valence-corrected chi connectivity index (χ4v) is 2.97. The van der Waals surface area contributed by atoms with Crippen LogP contribution in [0.25, 0.3) is 0 Å². The molecule has 22 heavy (non-hydrogen) atoms. The SMILES string of the molecule is O=C(N[C@H]1CCN(c2ccccc2Cl)C1=O)[C@@H]1COCCN1. The number of hydrogen-bond acceptors (Lipinski definition) is 4. The van der Waals surface area contributed by atoms with Gasteiger partial charge in [0.15, 0.2) is 0 Å². The summed E-state index contributed by atoms with van der Waals surface area (Å²) in [5.41, 5.74) is 0.685. The first-order valence-corrected chi connectivity index (χ1v) is 7.72. The van der Waals surface area contributed by atoms with Crippen molar-refractivity contribution in [3.8, 4) is 0 Å². The third-order valence-electron chi connectivity index (χ3n) is 3.90. The average Bonchev–Trinajstić information content (AvgIpc) is 2.90. The second kappa shape index (κ2) is 6.64. The molecular weight excluding hydrogens is 306 g/mol. The van der Waals surface area contributed by atoms with Crippen molar-refractivity contribution in [1.82, 2.24) is 10.6 Å². The van der Waals surface area contributed by atoms with Gasteiger partial charge in [-0.15, -0.1) is 0 Å². The molecule has 118 valence electrons. The van der Waals surface area contributed by atoms with E-state index in [1.807, 2.05) is 12.1 Å². The Morgan fingerprint density at radius 3 is 2.95 bits per heavy atom. The Labute approximate surface area is 133 Å². The molecule has 0 aliphatic carbocycles. The Kier molecular flexibility index (Phi) is 4.61.